The van der Waals surface area contributed by atoms with Crippen molar-refractivity contribution in [1.82, 2.24) is 4.90 Å². The summed E-state index contributed by atoms with van der Waals surface area (Å²) < 4.78 is 5.16. The molecule has 1 aliphatic heterocycles. The number of carboxylic acid groups (broad SMARTS) is 1. The minimum Gasteiger partial charge on any atom is -0.465 e. The molecule has 13 heavy (non-hydrogen) atoms. The predicted octanol–water partition coefficient (Wildman–Crippen LogP) is 1.68. The van der Waals surface area contributed by atoms with E-state index in [2.05, 4.69) is 6.58 Å². The van der Waals surface area contributed by atoms with Gasteiger partial charge < -0.3 is 9.84 Å². The van der Waals surface area contributed by atoms with E-state index in [0.29, 0.717) is 18.9 Å². The lowest BCUT2D eigenvalue weighted by molar-refractivity contribution is 0.0462. The van der Waals surface area contributed by atoms with Crippen molar-refractivity contribution >= 4 is 6.09 Å². The first-order valence-corrected chi connectivity index (χ1v) is 4.38. The second-order valence-electron chi connectivity index (χ2n) is 3.23. The van der Waals surface area contributed by atoms with E-state index in [1.54, 1.807) is 6.92 Å². The Bertz CT molecular complexity index is 195. The van der Waals surface area contributed by atoms with Crippen LogP contribution in [0, 0.1) is 0 Å². The van der Waals surface area contributed by atoms with Crippen molar-refractivity contribution in [2.24, 2.45) is 0 Å². The van der Waals surface area contributed by atoms with Crippen molar-refractivity contribution in [2.45, 2.75) is 25.8 Å². The molecule has 1 rings (SSSR count). The highest BCUT2D eigenvalue weighted by Crippen LogP contribution is 2.18. The molecule has 0 radical (unpaired) electrons. The maximum absolute atomic E-state index is 10.9. The Morgan fingerprint density at radius 1 is 1.54 bits per heavy atom. The van der Waals surface area contributed by atoms with Crippen LogP contribution in [-0.4, -0.2) is 35.4 Å². The van der Waals surface area contributed by atoms with E-state index in [1.807, 2.05) is 0 Å². The van der Waals surface area contributed by atoms with E-state index < -0.39 is 6.09 Å². The minimum atomic E-state index is -0.917. The standard InChI is InChI=1S/C9H15NO3/c1-7(2)10(9(11)12)8-3-5-13-6-4-8/h8H,1,3-6H2,2H3,(H,11,12). The van der Waals surface area contributed by atoms with Gasteiger partial charge in [0.15, 0.2) is 0 Å². The molecule has 0 aromatic carbocycles. The van der Waals surface area contributed by atoms with Gasteiger partial charge in [0, 0.05) is 25.0 Å². The highest BCUT2D eigenvalue weighted by molar-refractivity contribution is 5.67. The largest absolute Gasteiger partial charge is 0.465 e. The number of amides is 1. The Morgan fingerprint density at radius 2 is 2.08 bits per heavy atom. The van der Waals surface area contributed by atoms with Gasteiger partial charge >= 0.3 is 6.09 Å². The topological polar surface area (TPSA) is 49.8 Å². The number of carbonyl (C=O) groups is 1. The number of hydrogen-bond acceptors (Lipinski definition) is 2. The first kappa shape index (κ1) is 10.1. The summed E-state index contributed by atoms with van der Waals surface area (Å²) in [4.78, 5) is 12.2. The summed E-state index contributed by atoms with van der Waals surface area (Å²) in [7, 11) is 0. The van der Waals surface area contributed by atoms with Crippen molar-refractivity contribution < 1.29 is 14.6 Å². The molecule has 1 heterocycles. The van der Waals surface area contributed by atoms with E-state index in [4.69, 9.17) is 9.84 Å². The zero-order chi connectivity index (χ0) is 9.84. The number of nitrogens with zero attached hydrogens (tertiary/aromatic N) is 1. The molecular formula is C9H15NO3. The third-order valence-electron chi connectivity index (χ3n) is 2.17. The lowest BCUT2D eigenvalue weighted by Crippen LogP contribution is -2.41. The van der Waals surface area contributed by atoms with Crippen molar-refractivity contribution in [3.8, 4) is 0 Å². The molecule has 1 N–H and O–H groups in total. The Hall–Kier alpha value is -1.03. The molecule has 1 saturated heterocycles. The van der Waals surface area contributed by atoms with E-state index in [-0.39, 0.29) is 6.04 Å². The van der Waals surface area contributed by atoms with Gasteiger partial charge in [-0.3, -0.25) is 4.90 Å². The Morgan fingerprint density at radius 3 is 2.46 bits per heavy atom. The first-order valence-electron chi connectivity index (χ1n) is 4.38. The van der Waals surface area contributed by atoms with Crippen LogP contribution in [0.15, 0.2) is 12.3 Å². The maximum atomic E-state index is 10.9. The maximum Gasteiger partial charge on any atom is 0.411 e. The van der Waals surface area contributed by atoms with Gasteiger partial charge in [0.25, 0.3) is 0 Å². The molecule has 0 aromatic heterocycles. The summed E-state index contributed by atoms with van der Waals surface area (Å²) in [6.07, 6.45) is 0.609. The predicted molar refractivity (Wildman–Crippen MR) is 48.5 cm³/mol. The summed E-state index contributed by atoms with van der Waals surface area (Å²) in [5.74, 6) is 0. The average Bonchev–Trinajstić information content (AvgIpc) is 2.04. The van der Waals surface area contributed by atoms with Gasteiger partial charge in [-0.15, -0.1) is 0 Å². The molecule has 4 nitrogen and oxygen atoms in total. The highest BCUT2D eigenvalue weighted by Gasteiger charge is 2.25. The van der Waals surface area contributed by atoms with Crippen molar-refractivity contribution in [2.75, 3.05) is 13.2 Å². The number of allylic oxidation sites excluding steroid dienone is 1. The van der Waals surface area contributed by atoms with E-state index in [1.165, 1.54) is 4.90 Å². The number of hydrogen-bond donors (Lipinski definition) is 1. The molecule has 74 valence electrons. The van der Waals surface area contributed by atoms with Gasteiger partial charge in [0.1, 0.15) is 0 Å². The first-order chi connectivity index (χ1) is 6.13. The fourth-order valence-electron chi connectivity index (χ4n) is 1.57. The van der Waals surface area contributed by atoms with Crippen LogP contribution in [0.4, 0.5) is 4.79 Å². The third-order valence-corrected chi connectivity index (χ3v) is 2.17. The summed E-state index contributed by atoms with van der Waals surface area (Å²) in [5, 5.41) is 8.92. The van der Waals surface area contributed by atoms with Crippen LogP contribution in [0.2, 0.25) is 0 Å². The van der Waals surface area contributed by atoms with Crippen LogP contribution >= 0.6 is 0 Å². The molecular weight excluding hydrogens is 170 g/mol. The third kappa shape index (κ3) is 2.45. The summed E-state index contributed by atoms with van der Waals surface area (Å²) in [6, 6.07) is 0.0451. The average molecular weight is 185 g/mol. The molecule has 4 heteroatoms. The van der Waals surface area contributed by atoms with Crippen LogP contribution < -0.4 is 0 Å². The lowest BCUT2D eigenvalue weighted by atomic mass is 10.1. The SMILES string of the molecule is C=C(C)N(C(=O)O)C1CCOCC1. The van der Waals surface area contributed by atoms with Crippen LogP contribution in [0.25, 0.3) is 0 Å². The van der Waals surface area contributed by atoms with Gasteiger partial charge in [0.2, 0.25) is 0 Å². The second-order valence-corrected chi connectivity index (χ2v) is 3.23. The second kappa shape index (κ2) is 4.28. The van der Waals surface area contributed by atoms with Gasteiger partial charge in [-0.05, 0) is 19.8 Å². The fourth-order valence-corrected chi connectivity index (χ4v) is 1.57. The minimum absolute atomic E-state index is 0.0451. The Labute approximate surface area is 77.8 Å². The zero-order valence-electron chi connectivity index (χ0n) is 7.82. The lowest BCUT2D eigenvalue weighted by Gasteiger charge is -2.32. The van der Waals surface area contributed by atoms with Gasteiger partial charge in [-0.2, -0.15) is 0 Å². The van der Waals surface area contributed by atoms with Gasteiger partial charge in [-0.25, -0.2) is 4.79 Å². The molecule has 0 atom stereocenters. The number of ether oxygens (including phenoxy) is 1. The molecule has 0 bridgehead atoms. The normalized spacial score (nSPS) is 18.2. The van der Waals surface area contributed by atoms with Crippen molar-refractivity contribution in [3.63, 3.8) is 0 Å². The summed E-state index contributed by atoms with van der Waals surface area (Å²) >= 11 is 0. The van der Waals surface area contributed by atoms with Gasteiger partial charge in [-0.1, -0.05) is 6.58 Å². The smallest absolute Gasteiger partial charge is 0.411 e. The van der Waals surface area contributed by atoms with Crippen LogP contribution in [0.5, 0.6) is 0 Å². The monoisotopic (exact) mass is 185 g/mol. The molecule has 0 aliphatic carbocycles. The molecule has 0 aromatic rings. The quantitative estimate of drug-likeness (QED) is 0.712. The van der Waals surface area contributed by atoms with Crippen LogP contribution in [-0.2, 0) is 4.74 Å². The van der Waals surface area contributed by atoms with E-state index >= 15 is 0 Å². The van der Waals surface area contributed by atoms with Crippen molar-refractivity contribution in [3.05, 3.63) is 12.3 Å². The van der Waals surface area contributed by atoms with Crippen molar-refractivity contribution in [1.29, 1.82) is 0 Å². The summed E-state index contributed by atoms with van der Waals surface area (Å²) in [6.45, 7) is 6.65. The highest BCUT2D eigenvalue weighted by atomic mass is 16.5. The molecule has 1 amide bonds. The van der Waals surface area contributed by atoms with Crippen LogP contribution in [0.1, 0.15) is 19.8 Å². The van der Waals surface area contributed by atoms with Gasteiger partial charge in [0.05, 0.1) is 0 Å². The Kier molecular flexibility index (Phi) is 3.31. The molecule has 1 fully saturated rings. The molecule has 1 aliphatic rings. The summed E-state index contributed by atoms with van der Waals surface area (Å²) in [5.41, 5.74) is 0.583. The molecule has 0 spiro atoms. The zero-order valence-corrected chi connectivity index (χ0v) is 7.82. The fraction of sp³-hybridized carbons (Fsp3) is 0.667. The Balaban J connectivity index is 2.62. The van der Waals surface area contributed by atoms with Crippen LogP contribution in [0.3, 0.4) is 0 Å². The van der Waals surface area contributed by atoms with E-state index in [9.17, 15) is 4.79 Å². The molecule has 0 saturated carbocycles. The van der Waals surface area contributed by atoms with E-state index in [0.717, 1.165) is 12.8 Å². The number of rotatable bonds is 2. The molecule has 0 unspecified atom stereocenters.